The predicted molar refractivity (Wildman–Crippen MR) is 225 cm³/mol. The summed E-state index contributed by atoms with van der Waals surface area (Å²) in [5, 5.41) is 0. The van der Waals surface area contributed by atoms with Crippen LogP contribution in [-0.2, 0) is 0 Å². The number of unbranched alkanes of at least 4 members (excludes halogenated alkanes) is 8. The van der Waals surface area contributed by atoms with Crippen molar-refractivity contribution in [2.24, 2.45) is 9.98 Å². The summed E-state index contributed by atoms with van der Waals surface area (Å²) in [6.45, 7) is 5.76. The molecule has 5 aromatic rings. The fourth-order valence-electron chi connectivity index (χ4n) is 5.69. The van der Waals surface area contributed by atoms with Crippen LogP contribution >= 0.6 is 0 Å². The molecule has 0 saturated carbocycles. The van der Waals surface area contributed by atoms with Gasteiger partial charge in [0.25, 0.3) is 0 Å². The summed E-state index contributed by atoms with van der Waals surface area (Å²) in [5.41, 5.74) is 4.10. The first-order chi connectivity index (χ1) is 27.5. The molecule has 0 fully saturated rings. The molecule has 8 nitrogen and oxygen atoms in total. The lowest BCUT2D eigenvalue weighted by Gasteiger charge is -2.08. The lowest BCUT2D eigenvalue weighted by molar-refractivity contribution is 0.0725. The second-order valence-corrected chi connectivity index (χ2v) is 13.5. The fourth-order valence-corrected chi connectivity index (χ4v) is 5.69. The summed E-state index contributed by atoms with van der Waals surface area (Å²) in [7, 11) is 0. The quantitative estimate of drug-likeness (QED) is 0.0302. The zero-order chi connectivity index (χ0) is 39.2. The molecule has 0 aliphatic heterocycles. The molecule has 0 amide bonds. The molecule has 0 atom stereocenters. The average molecular weight is 753 g/mol. The minimum Gasteiger partial charge on any atom is -0.494 e. The molecule has 56 heavy (non-hydrogen) atoms. The number of hydrogen-bond donors (Lipinski definition) is 0. The Bertz CT molecular complexity index is 1840. The molecule has 290 valence electrons. The second kappa shape index (κ2) is 23.0. The standard InChI is InChI=1S/C48H52N2O6/c1-3-5-7-9-11-32-53-43-28-20-39(21-29-43)47(51)55-45-24-16-37(17-25-45)35-49-41-14-13-15-42(34-41)50-36-38-18-26-46(27-19-38)56-48(52)40-22-30-44(31-23-40)54-33-12-10-8-6-4-2/h13-31,34-36H,3-12,32-33H2,1-2H3. The van der Waals surface area contributed by atoms with Crippen molar-refractivity contribution in [3.8, 4) is 23.0 Å². The van der Waals surface area contributed by atoms with Gasteiger partial charge in [0.2, 0.25) is 0 Å². The van der Waals surface area contributed by atoms with Crippen LogP contribution in [0.25, 0.3) is 0 Å². The first kappa shape index (κ1) is 41.1. The molecule has 0 radical (unpaired) electrons. The van der Waals surface area contributed by atoms with Gasteiger partial charge in [-0.1, -0.05) is 71.3 Å². The van der Waals surface area contributed by atoms with Crippen molar-refractivity contribution in [1.82, 2.24) is 0 Å². The number of ether oxygens (including phenoxy) is 4. The molecular weight excluding hydrogens is 701 g/mol. The number of rotatable bonds is 22. The third-order valence-corrected chi connectivity index (χ3v) is 8.95. The van der Waals surface area contributed by atoms with Crippen LogP contribution in [0.1, 0.15) is 110 Å². The third-order valence-electron chi connectivity index (χ3n) is 8.95. The molecule has 0 N–H and O–H groups in total. The van der Waals surface area contributed by atoms with Crippen molar-refractivity contribution in [2.45, 2.75) is 78.1 Å². The molecule has 0 aliphatic rings. The van der Waals surface area contributed by atoms with Crippen LogP contribution < -0.4 is 18.9 Å². The Morgan fingerprint density at radius 3 is 1.23 bits per heavy atom. The van der Waals surface area contributed by atoms with E-state index in [1.165, 1.54) is 51.4 Å². The van der Waals surface area contributed by atoms with Gasteiger partial charge in [0.1, 0.15) is 23.0 Å². The Balaban J connectivity index is 1.05. The summed E-state index contributed by atoms with van der Waals surface area (Å²) in [6.07, 6.45) is 15.3. The fraction of sp³-hybridized carbons (Fsp3) is 0.292. The number of aliphatic imine (C=N–C) groups is 2. The molecular formula is C48H52N2O6. The van der Waals surface area contributed by atoms with E-state index in [0.717, 1.165) is 46.8 Å². The van der Waals surface area contributed by atoms with Crippen LogP contribution in [0.5, 0.6) is 23.0 Å². The van der Waals surface area contributed by atoms with E-state index in [-0.39, 0.29) is 0 Å². The number of nitrogens with zero attached hydrogens (tertiary/aromatic N) is 2. The Hall–Kier alpha value is -6.02. The highest BCUT2D eigenvalue weighted by atomic mass is 16.5. The second-order valence-electron chi connectivity index (χ2n) is 13.5. The molecule has 0 saturated heterocycles. The number of carbonyl (C=O) groups excluding carboxylic acids is 2. The summed E-state index contributed by atoms with van der Waals surface area (Å²) >= 11 is 0. The SMILES string of the molecule is CCCCCCCOc1ccc(C(=O)Oc2ccc(C=Nc3cccc(N=Cc4ccc(OC(=O)c5ccc(OCCCCCCC)cc5)cc4)c3)cc2)cc1. The zero-order valence-electron chi connectivity index (χ0n) is 32.5. The summed E-state index contributed by atoms with van der Waals surface area (Å²) < 4.78 is 22.7. The van der Waals surface area contributed by atoms with E-state index in [9.17, 15) is 9.59 Å². The van der Waals surface area contributed by atoms with Crippen molar-refractivity contribution < 1.29 is 28.5 Å². The van der Waals surface area contributed by atoms with Gasteiger partial charge in [-0.3, -0.25) is 9.98 Å². The van der Waals surface area contributed by atoms with Gasteiger partial charge in [0.15, 0.2) is 0 Å². The van der Waals surface area contributed by atoms with Gasteiger partial charge in [-0.15, -0.1) is 0 Å². The maximum Gasteiger partial charge on any atom is 0.343 e. The lowest BCUT2D eigenvalue weighted by atomic mass is 10.2. The molecule has 5 rings (SSSR count). The van der Waals surface area contributed by atoms with Gasteiger partial charge in [0.05, 0.1) is 35.7 Å². The van der Waals surface area contributed by atoms with E-state index < -0.39 is 11.9 Å². The Kier molecular flexibility index (Phi) is 16.9. The Morgan fingerprint density at radius 1 is 0.464 bits per heavy atom. The molecule has 0 aromatic heterocycles. The van der Waals surface area contributed by atoms with Gasteiger partial charge in [-0.25, -0.2) is 9.59 Å². The monoisotopic (exact) mass is 752 g/mol. The number of esters is 2. The van der Waals surface area contributed by atoms with Gasteiger partial charge in [0, 0.05) is 12.4 Å². The minimum absolute atomic E-state index is 0.430. The molecule has 0 bridgehead atoms. The van der Waals surface area contributed by atoms with Crippen LogP contribution in [0.15, 0.2) is 131 Å². The topological polar surface area (TPSA) is 95.8 Å². The zero-order valence-corrected chi connectivity index (χ0v) is 32.5. The largest absolute Gasteiger partial charge is 0.494 e. The molecule has 0 aliphatic carbocycles. The first-order valence-electron chi connectivity index (χ1n) is 19.8. The molecule has 0 heterocycles. The van der Waals surface area contributed by atoms with E-state index in [4.69, 9.17) is 18.9 Å². The third kappa shape index (κ3) is 14.3. The number of carbonyl (C=O) groups is 2. The smallest absolute Gasteiger partial charge is 0.343 e. The average Bonchev–Trinajstić information content (AvgIpc) is 3.23. The molecule has 0 spiro atoms. The van der Waals surface area contributed by atoms with Gasteiger partial charge >= 0.3 is 11.9 Å². The maximum atomic E-state index is 12.7. The van der Waals surface area contributed by atoms with Gasteiger partial charge in [-0.2, -0.15) is 0 Å². The highest BCUT2D eigenvalue weighted by Gasteiger charge is 2.10. The van der Waals surface area contributed by atoms with E-state index in [1.54, 1.807) is 85.2 Å². The highest BCUT2D eigenvalue weighted by Crippen LogP contribution is 2.23. The summed E-state index contributed by atoms with van der Waals surface area (Å²) in [6, 6.07) is 36.0. The minimum atomic E-state index is -0.430. The van der Waals surface area contributed by atoms with Crippen molar-refractivity contribution in [2.75, 3.05) is 13.2 Å². The van der Waals surface area contributed by atoms with Crippen LogP contribution in [0.3, 0.4) is 0 Å². The normalized spacial score (nSPS) is 11.2. The molecule has 5 aromatic carbocycles. The van der Waals surface area contributed by atoms with Crippen LogP contribution in [0, 0.1) is 0 Å². The first-order valence-corrected chi connectivity index (χ1v) is 19.8. The maximum absolute atomic E-state index is 12.7. The van der Waals surface area contributed by atoms with Crippen LogP contribution in [-0.4, -0.2) is 37.6 Å². The van der Waals surface area contributed by atoms with E-state index >= 15 is 0 Å². The van der Waals surface area contributed by atoms with Crippen molar-refractivity contribution in [3.63, 3.8) is 0 Å². The van der Waals surface area contributed by atoms with Crippen LogP contribution in [0.2, 0.25) is 0 Å². The van der Waals surface area contributed by atoms with Crippen molar-refractivity contribution >= 4 is 35.7 Å². The lowest BCUT2D eigenvalue weighted by Crippen LogP contribution is -2.08. The van der Waals surface area contributed by atoms with Gasteiger partial charge in [-0.05, 0) is 139 Å². The molecule has 0 unspecified atom stereocenters. The highest BCUT2D eigenvalue weighted by molar-refractivity contribution is 5.92. The number of benzene rings is 5. The van der Waals surface area contributed by atoms with Crippen molar-refractivity contribution in [3.05, 3.63) is 144 Å². The number of hydrogen-bond acceptors (Lipinski definition) is 8. The Morgan fingerprint density at radius 2 is 0.839 bits per heavy atom. The van der Waals surface area contributed by atoms with Crippen molar-refractivity contribution in [1.29, 1.82) is 0 Å². The summed E-state index contributed by atoms with van der Waals surface area (Å²) in [5.74, 6) is 1.53. The molecule has 8 heteroatoms. The predicted octanol–water partition coefficient (Wildman–Crippen LogP) is 12.3. The van der Waals surface area contributed by atoms with E-state index in [2.05, 4.69) is 23.8 Å². The van der Waals surface area contributed by atoms with Crippen LogP contribution in [0.4, 0.5) is 11.4 Å². The Labute approximate surface area is 331 Å². The van der Waals surface area contributed by atoms with E-state index in [0.29, 0.717) is 35.8 Å². The van der Waals surface area contributed by atoms with Gasteiger partial charge < -0.3 is 18.9 Å². The summed E-state index contributed by atoms with van der Waals surface area (Å²) in [4.78, 5) is 34.6. The van der Waals surface area contributed by atoms with E-state index in [1.807, 2.05) is 48.5 Å².